The predicted molar refractivity (Wildman–Crippen MR) is 149 cm³/mol. The van der Waals surface area contributed by atoms with Gasteiger partial charge in [0, 0.05) is 18.8 Å². The van der Waals surface area contributed by atoms with Gasteiger partial charge < -0.3 is 11.1 Å². The van der Waals surface area contributed by atoms with Crippen molar-refractivity contribution < 1.29 is 4.39 Å². The second-order valence-corrected chi connectivity index (χ2v) is 9.88. The van der Waals surface area contributed by atoms with Gasteiger partial charge >= 0.3 is 0 Å². The van der Waals surface area contributed by atoms with Crippen LogP contribution >= 0.6 is 11.6 Å². The van der Waals surface area contributed by atoms with Crippen LogP contribution in [-0.2, 0) is 14.1 Å². The SMILES string of the molecule is Cc1cc([C@H](C)Nc2ccc(Cl)nc2-c2nnn(C)n2)c2c(c1)c(=O)n(C)c1c(-c3cnc(N)c(F)c3)ncn21. The van der Waals surface area contributed by atoms with Gasteiger partial charge in [0.1, 0.15) is 28.5 Å². The molecule has 1 atom stereocenters. The minimum Gasteiger partial charge on any atom is -0.381 e. The smallest absolute Gasteiger partial charge is 0.261 e. The van der Waals surface area contributed by atoms with Crippen molar-refractivity contribution >= 4 is 39.7 Å². The van der Waals surface area contributed by atoms with Gasteiger partial charge in [-0.3, -0.25) is 13.8 Å². The number of nitrogens with zero attached hydrogens (tertiary/aromatic N) is 9. The first-order valence-corrected chi connectivity index (χ1v) is 12.6. The molecule has 12 nitrogen and oxygen atoms in total. The highest BCUT2D eigenvalue weighted by molar-refractivity contribution is 6.29. The Morgan fingerprint density at radius 3 is 2.65 bits per heavy atom. The van der Waals surface area contributed by atoms with Crippen molar-refractivity contribution in [2.75, 3.05) is 11.1 Å². The maximum absolute atomic E-state index is 14.3. The van der Waals surface area contributed by atoms with Crippen LogP contribution in [0.5, 0.6) is 0 Å². The molecule has 0 radical (unpaired) electrons. The predicted octanol–water partition coefficient (Wildman–Crippen LogP) is 3.69. The third kappa shape index (κ3) is 4.11. The standard InChI is InChI=1S/C26H23ClFN11O/c1-12-7-15(13(2)32-18-5-6-19(27)33-21(18)24-34-36-38(4)35-24)22-16(8-12)26(40)37(3)25-20(31-11-39(22)25)14-9-17(28)23(29)30-10-14/h5-11,13,32H,1-4H3,(H2,29,30)/t13-/m0/s1. The molecule has 0 aliphatic heterocycles. The number of anilines is 2. The molecular formula is C26H23ClFN11O. The maximum atomic E-state index is 14.3. The number of fused-ring (bicyclic) bond motifs is 3. The normalized spacial score (nSPS) is 12.3. The van der Waals surface area contributed by atoms with Gasteiger partial charge in [-0.2, -0.15) is 4.80 Å². The summed E-state index contributed by atoms with van der Waals surface area (Å²) in [5.41, 5.74) is 10.1. The molecule has 202 valence electrons. The average molecular weight is 560 g/mol. The average Bonchev–Trinajstić information content (AvgIpc) is 3.56. The minimum absolute atomic E-state index is 0.211. The topological polar surface area (TPSA) is 147 Å². The third-order valence-electron chi connectivity index (χ3n) is 6.68. The van der Waals surface area contributed by atoms with E-state index in [-0.39, 0.29) is 22.6 Å². The minimum atomic E-state index is -0.663. The van der Waals surface area contributed by atoms with E-state index >= 15 is 0 Å². The van der Waals surface area contributed by atoms with Crippen molar-refractivity contribution in [2.45, 2.75) is 19.9 Å². The van der Waals surface area contributed by atoms with Gasteiger partial charge in [0.15, 0.2) is 11.6 Å². The number of rotatable bonds is 5. The molecule has 0 saturated carbocycles. The number of imidazole rings is 1. The van der Waals surface area contributed by atoms with Gasteiger partial charge in [0.05, 0.1) is 29.7 Å². The van der Waals surface area contributed by atoms with E-state index < -0.39 is 5.82 Å². The lowest BCUT2D eigenvalue weighted by molar-refractivity contribution is 0.628. The zero-order valence-corrected chi connectivity index (χ0v) is 22.6. The van der Waals surface area contributed by atoms with Crippen LogP contribution in [0.4, 0.5) is 15.9 Å². The largest absolute Gasteiger partial charge is 0.381 e. The van der Waals surface area contributed by atoms with E-state index in [0.717, 1.165) is 11.1 Å². The molecule has 6 rings (SSSR count). The molecule has 0 aliphatic carbocycles. The number of pyridine rings is 2. The summed E-state index contributed by atoms with van der Waals surface area (Å²) in [5.74, 6) is -0.561. The van der Waals surface area contributed by atoms with Crippen LogP contribution in [0.15, 0.2) is 47.7 Å². The summed E-state index contributed by atoms with van der Waals surface area (Å²) in [6.45, 7) is 3.90. The lowest BCUT2D eigenvalue weighted by Crippen LogP contribution is -2.21. The lowest BCUT2D eigenvalue weighted by atomic mass is 10.0. The number of aromatic nitrogens is 9. The summed E-state index contributed by atoms with van der Waals surface area (Å²) in [6.07, 6.45) is 3.05. The Morgan fingerprint density at radius 2 is 1.93 bits per heavy atom. The monoisotopic (exact) mass is 559 g/mol. The van der Waals surface area contributed by atoms with Crippen molar-refractivity contribution in [1.82, 2.24) is 44.1 Å². The first-order chi connectivity index (χ1) is 19.1. The zero-order chi connectivity index (χ0) is 28.3. The molecule has 40 heavy (non-hydrogen) atoms. The highest BCUT2D eigenvalue weighted by Gasteiger charge is 2.22. The second kappa shape index (κ2) is 9.38. The van der Waals surface area contributed by atoms with Crippen LogP contribution in [0.1, 0.15) is 24.1 Å². The molecule has 0 fully saturated rings. The number of hydrogen-bond acceptors (Lipinski definition) is 9. The molecule has 0 amide bonds. The fourth-order valence-corrected chi connectivity index (χ4v) is 5.01. The van der Waals surface area contributed by atoms with Crippen molar-refractivity contribution in [3.8, 4) is 22.8 Å². The van der Waals surface area contributed by atoms with E-state index in [2.05, 4.69) is 35.7 Å². The van der Waals surface area contributed by atoms with Gasteiger partial charge in [-0.05, 0) is 54.5 Å². The summed E-state index contributed by atoms with van der Waals surface area (Å²) in [6, 6.07) is 8.25. The van der Waals surface area contributed by atoms with Gasteiger partial charge in [0.25, 0.3) is 5.56 Å². The fraction of sp³-hybridized carbons (Fsp3) is 0.192. The number of hydrogen-bond donors (Lipinski definition) is 2. The number of tetrazole rings is 1. The first-order valence-electron chi connectivity index (χ1n) is 12.2. The fourth-order valence-electron chi connectivity index (χ4n) is 4.87. The van der Waals surface area contributed by atoms with Crippen LogP contribution in [0.25, 0.3) is 39.3 Å². The molecule has 6 aromatic rings. The van der Waals surface area contributed by atoms with Crippen molar-refractivity contribution in [1.29, 1.82) is 0 Å². The van der Waals surface area contributed by atoms with Gasteiger partial charge in [-0.25, -0.2) is 19.3 Å². The molecule has 0 bridgehead atoms. The van der Waals surface area contributed by atoms with Crippen LogP contribution in [0.2, 0.25) is 5.15 Å². The lowest BCUT2D eigenvalue weighted by Gasteiger charge is -2.21. The molecule has 5 aromatic heterocycles. The number of benzene rings is 1. The van der Waals surface area contributed by atoms with Gasteiger partial charge in [-0.1, -0.05) is 17.7 Å². The van der Waals surface area contributed by atoms with Gasteiger partial charge in [0.2, 0.25) is 5.82 Å². The van der Waals surface area contributed by atoms with Crippen molar-refractivity contribution in [2.24, 2.45) is 14.1 Å². The van der Waals surface area contributed by atoms with E-state index in [1.54, 1.807) is 32.6 Å². The Labute approximate surface area is 231 Å². The van der Waals surface area contributed by atoms with E-state index in [9.17, 15) is 9.18 Å². The number of nitrogens with two attached hydrogens (primary N) is 1. The van der Waals surface area contributed by atoms with Gasteiger partial charge in [-0.15, -0.1) is 10.2 Å². The van der Waals surface area contributed by atoms with Crippen LogP contribution in [0.3, 0.4) is 0 Å². The molecule has 0 spiro atoms. The quantitative estimate of drug-likeness (QED) is 0.302. The molecule has 1 aromatic carbocycles. The van der Waals surface area contributed by atoms with Crippen LogP contribution in [-0.4, -0.2) is 44.1 Å². The Kier molecular flexibility index (Phi) is 5.95. The Bertz CT molecular complexity index is 2010. The van der Waals surface area contributed by atoms with Crippen LogP contribution in [0, 0.1) is 12.7 Å². The van der Waals surface area contributed by atoms with Crippen LogP contribution < -0.4 is 16.6 Å². The van der Waals surface area contributed by atoms with E-state index in [1.165, 1.54) is 21.6 Å². The molecule has 14 heteroatoms. The molecule has 0 unspecified atom stereocenters. The summed E-state index contributed by atoms with van der Waals surface area (Å²) in [7, 11) is 3.32. The number of halogens is 2. The Morgan fingerprint density at radius 1 is 1.12 bits per heavy atom. The maximum Gasteiger partial charge on any atom is 0.261 e. The molecule has 0 saturated heterocycles. The second-order valence-electron chi connectivity index (χ2n) is 9.49. The summed E-state index contributed by atoms with van der Waals surface area (Å²) in [5, 5.41) is 16.5. The highest BCUT2D eigenvalue weighted by atomic mass is 35.5. The molecule has 0 aliphatic rings. The molecular weight excluding hydrogens is 537 g/mol. The summed E-state index contributed by atoms with van der Waals surface area (Å²) >= 11 is 6.19. The third-order valence-corrected chi connectivity index (χ3v) is 6.89. The summed E-state index contributed by atoms with van der Waals surface area (Å²) < 4.78 is 17.6. The number of nitrogen functional groups attached to an aromatic ring is 1. The van der Waals surface area contributed by atoms with Crippen molar-refractivity contribution in [3.05, 3.63) is 75.3 Å². The Balaban J connectivity index is 1.55. The summed E-state index contributed by atoms with van der Waals surface area (Å²) in [4.78, 5) is 27.9. The molecule has 5 heterocycles. The number of aryl methyl sites for hydroxylation is 3. The van der Waals surface area contributed by atoms with E-state index in [1.807, 2.05) is 30.4 Å². The number of nitrogens with one attached hydrogen (secondary N) is 1. The first kappa shape index (κ1) is 25.4. The zero-order valence-electron chi connectivity index (χ0n) is 21.9. The molecule has 3 N–H and O–H groups in total. The van der Waals surface area contributed by atoms with E-state index in [4.69, 9.17) is 17.3 Å². The van der Waals surface area contributed by atoms with E-state index in [0.29, 0.717) is 45.0 Å². The Hall–Kier alpha value is -4.91. The highest BCUT2D eigenvalue weighted by Crippen LogP contribution is 2.33. The van der Waals surface area contributed by atoms with Crippen molar-refractivity contribution in [3.63, 3.8) is 0 Å².